The van der Waals surface area contributed by atoms with Crippen LogP contribution in [0.2, 0.25) is 0 Å². The largest absolute Gasteiger partial charge is 0.416 e. The third kappa shape index (κ3) is 3.72. The summed E-state index contributed by atoms with van der Waals surface area (Å²) in [6.07, 6.45) is -1.38. The van der Waals surface area contributed by atoms with Crippen molar-refractivity contribution in [2.45, 2.75) is 25.4 Å². The average molecular weight is 322 g/mol. The molecule has 1 fully saturated rings. The van der Waals surface area contributed by atoms with Crippen LogP contribution in [0.25, 0.3) is 0 Å². The van der Waals surface area contributed by atoms with Gasteiger partial charge in [-0.3, -0.25) is 0 Å². The highest BCUT2D eigenvalue weighted by atomic mass is 79.9. The molecule has 1 aliphatic rings. The highest BCUT2D eigenvalue weighted by molar-refractivity contribution is 9.10. The number of hydrogen-bond donors (Lipinski definition) is 1. The van der Waals surface area contributed by atoms with Crippen LogP contribution in [0.15, 0.2) is 22.7 Å². The molecule has 1 aromatic carbocycles. The molecule has 100 valence electrons. The normalized spacial score (nSPS) is 21.0. The fourth-order valence-corrected chi connectivity index (χ4v) is 2.90. The second-order valence-electron chi connectivity index (χ2n) is 4.76. The number of nitrogens with one attached hydrogen (secondary N) is 1. The van der Waals surface area contributed by atoms with Crippen molar-refractivity contribution in [3.05, 3.63) is 33.8 Å². The summed E-state index contributed by atoms with van der Waals surface area (Å²) in [6, 6.07) is 4.17. The van der Waals surface area contributed by atoms with Gasteiger partial charge < -0.3 is 5.32 Å². The summed E-state index contributed by atoms with van der Waals surface area (Å²) in [6.45, 7) is 1.91. The third-order valence-electron chi connectivity index (χ3n) is 3.21. The minimum absolute atomic E-state index is 0.439. The van der Waals surface area contributed by atoms with Crippen molar-refractivity contribution >= 4 is 15.9 Å². The molecule has 5 heteroatoms. The lowest BCUT2D eigenvalue weighted by Crippen LogP contribution is -2.30. The van der Waals surface area contributed by atoms with Crippen molar-refractivity contribution in [1.82, 2.24) is 5.32 Å². The van der Waals surface area contributed by atoms with Crippen molar-refractivity contribution in [3.63, 3.8) is 0 Å². The molecule has 1 nitrogen and oxygen atoms in total. The molecule has 2 rings (SSSR count). The molecule has 18 heavy (non-hydrogen) atoms. The Morgan fingerprint density at radius 2 is 2.06 bits per heavy atom. The summed E-state index contributed by atoms with van der Waals surface area (Å²) in [4.78, 5) is 0. The average Bonchev–Trinajstić information content (AvgIpc) is 2.28. The zero-order valence-electron chi connectivity index (χ0n) is 9.86. The van der Waals surface area contributed by atoms with E-state index in [1.807, 2.05) is 0 Å². The zero-order chi connectivity index (χ0) is 13.2. The van der Waals surface area contributed by atoms with Crippen LogP contribution < -0.4 is 5.32 Å². The molecule has 1 unspecified atom stereocenters. The SMILES string of the molecule is FC(F)(F)c1cc(Br)cc(CC2CCCNC2)c1. The molecule has 1 aromatic rings. The van der Waals surface area contributed by atoms with E-state index in [4.69, 9.17) is 0 Å². The molecule has 1 atom stereocenters. The number of rotatable bonds is 2. The number of halogens is 4. The standard InChI is InChI=1S/C13H15BrF3N/c14-12-6-10(4-9-2-1-3-18-8-9)5-11(7-12)13(15,16)17/h5-7,9,18H,1-4,8H2. The summed E-state index contributed by atoms with van der Waals surface area (Å²) >= 11 is 3.15. The molecule has 0 aromatic heterocycles. The van der Waals surface area contributed by atoms with Crippen molar-refractivity contribution in [2.24, 2.45) is 5.92 Å². The molecular formula is C13H15BrF3N. The molecule has 1 saturated heterocycles. The first-order chi connectivity index (χ1) is 8.45. The van der Waals surface area contributed by atoms with E-state index in [0.29, 0.717) is 16.8 Å². The Labute approximate surface area is 113 Å². The van der Waals surface area contributed by atoms with Gasteiger partial charge in [-0.05, 0) is 62.0 Å². The van der Waals surface area contributed by atoms with Gasteiger partial charge in [0.2, 0.25) is 0 Å². The van der Waals surface area contributed by atoms with Crippen LogP contribution in [0.1, 0.15) is 24.0 Å². The lowest BCUT2D eigenvalue weighted by atomic mass is 9.92. The zero-order valence-corrected chi connectivity index (χ0v) is 11.4. The van der Waals surface area contributed by atoms with Gasteiger partial charge in [0, 0.05) is 4.47 Å². The van der Waals surface area contributed by atoms with Gasteiger partial charge in [0.25, 0.3) is 0 Å². The summed E-state index contributed by atoms with van der Waals surface area (Å²) < 4.78 is 38.6. The van der Waals surface area contributed by atoms with Crippen LogP contribution in [-0.2, 0) is 12.6 Å². The Balaban J connectivity index is 2.14. The molecule has 0 aliphatic carbocycles. The van der Waals surface area contributed by atoms with Crippen molar-refractivity contribution < 1.29 is 13.2 Å². The number of alkyl halides is 3. The molecular weight excluding hydrogens is 307 g/mol. The first-order valence-electron chi connectivity index (χ1n) is 6.02. The number of benzene rings is 1. The Hall–Kier alpha value is -0.550. The molecule has 0 spiro atoms. The van der Waals surface area contributed by atoms with Crippen molar-refractivity contribution in [1.29, 1.82) is 0 Å². The van der Waals surface area contributed by atoms with E-state index in [-0.39, 0.29) is 0 Å². The quantitative estimate of drug-likeness (QED) is 0.867. The Bertz CT molecular complexity index is 411. The fourth-order valence-electron chi connectivity index (χ4n) is 2.36. The summed E-state index contributed by atoms with van der Waals surface area (Å²) in [5.74, 6) is 0.439. The monoisotopic (exact) mass is 321 g/mol. The van der Waals surface area contributed by atoms with Gasteiger partial charge >= 0.3 is 6.18 Å². The van der Waals surface area contributed by atoms with Crippen LogP contribution in [-0.4, -0.2) is 13.1 Å². The molecule has 0 radical (unpaired) electrons. The molecule has 0 amide bonds. The van der Waals surface area contributed by atoms with Gasteiger partial charge in [-0.2, -0.15) is 13.2 Å². The van der Waals surface area contributed by atoms with Gasteiger partial charge in [-0.15, -0.1) is 0 Å². The maximum Gasteiger partial charge on any atom is 0.416 e. The second-order valence-corrected chi connectivity index (χ2v) is 5.68. The van der Waals surface area contributed by atoms with E-state index in [0.717, 1.165) is 37.6 Å². The topological polar surface area (TPSA) is 12.0 Å². The van der Waals surface area contributed by atoms with E-state index in [2.05, 4.69) is 21.2 Å². The fraction of sp³-hybridized carbons (Fsp3) is 0.538. The Morgan fingerprint density at radius 1 is 1.28 bits per heavy atom. The van der Waals surface area contributed by atoms with Gasteiger partial charge in [-0.25, -0.2) is 0 Å². The number of hydrogen-bond acceptors (Lipinski definition) is 1. The molecule has 0 saturated carbocycles. The number of piperidine rings is 1. The highest BCUT2D eigenvalue weighted by Gasteiger charge is 2.31. The molecule has 1 N–H and O–H groups in total. The van der Waals surface area contributed by atoms with E-state index in [1.54, 1.807) is 6.07 Å². The predicted octanol–water partition coefficient (Wildman–Crippen LogP) is 4.01. The first kappa shape index (κ1) is 13.9. The van der Waals surface area contributed by atoms with Gasteiger partial charge in [-0.1, -0.05) is 15.9 Å². The lowest BCUT2D eigenvalue weighted by Gasteiger charge is -2.23. The smallest absolute Gasteiger partial charge is 0.316 e. The maximum atomic E-state index is 12.7. The Morgan fingerprint density at radius 3 is 2.67 bits per heavy atom. The molecule has 0 bridgehead atoms. The van der Waals surface area contributed by atoms with Crippen molar-refractivity contribution in [2.75, 3.05) is 13.1 Å². The predicted molar refractivity (Wildman–Crippen MR) is 68.4 cm³/mol. The van der Waals surface area contributed by atoms with Crippen LogP contribution in [0, 0.1) is 5.92 Å². The molecule has 1 heterocycles. The van der Waals surface area contributed by atoms with E-state index >= 15 is 0 Å². The first-order valence-corrected chi connectivity index (χ1v) is 6.82. The van der Waals surface area contributed by atoms with Gasteiger partial charge in [0.15, 0.2) is 0 Å². The maximum absolute atomic E-state index is 12.7. The van der Waals surface area contributed by atoms with Crippen molar-refractivity contribution in [3.8, 4) is 0 Å². The van der Waals surface area contributed by atoms with E-state index in [9.17, 15) is 13.2 Å². The minimum Gasteiger partial charge on any atom is -0.316 e. The van der Waals surface area contributed by atoms with E-state index < -0.39 is 11.7 Å². The van der Waals surface area contributed by atoms with Gasteiger partial charge in [0.05, 0.1) is 5.56 Å². The third-order valence-corrected chi connectivity index (χ3v) is 3.67. The molecule has 1 aliphatic heterocycles. The van der Waals surface area contributed by atoms with Crippen LogP contribution in [0.5, 0.6) is 0 Å². The summed E-state index contributed by atoms with van der Waals surface area (Å²) in [5.41, 5.74) is 0.182. The van der Waals surface area contributed by atoms with Crippen LogP contribution in [0.3, 0.4) is 0 Å². The van der Waals surface area contributed by atoms with E-state index in [1.165, 1.54) is 6.07 Å². The van der Waals surface area contributed by atoms with Crippen LogP contribution in [0.4, 0.5) is 13.2 Å². The minimum atomic E-state index is -4.27. The summed E-state index contributed by atoms with van der Waals surface area (Å²) in [5, 5.41) is 3.28. The lowest BCUT2D eigenvalue weighted by molar-refractivity contribution is -0.137. The second kappa shape index (κ2) is 5.61. The summed E-state index contributed by atoms with van der Waals surface area (Å²) in [7, 11) is 0. The Kier molecular flexibility index (Phi) is 4.33. The van der Waals surface area contributed by atoms with Crippen LogP contribution >= 0.6 is 15.9 Å². The highest BCUT2D eigenvalue weighted by Crippen LogP contribution is 2.32. The van der Waals surface area contributed by atoms with Gasteiger partial charge in [0.1, 0.15) is 0 Å².